The van der Waals surface area contributed by atoms with Gasteiger partial charge in [-0.25, -0.2) is 9.59 Å². The van der Waals surface area contributed by atoms with Gasteiger partial charge in [0.25, 0.3) is 0 Å². The molecule has 0 saturated carbocycles. The molecule has 1 rings (SSSR count). The summed E-state index contributed by atoms with van der Waals surface area (Å²) in [5, 5.41) is 2.34. The first-order valence-electron chi connectivity index (χ1n) is 6.82. The Labute approximate surface area is 133 Å². The Morgan fingerprint density at radius 1 is 1.30 bits per heavy atom. The molecule has 8 heteroatoms. The molecule has 8 nitrogen and oxygen atoms in total. The summed E-state index contributed by atoms with van der Waals surface area (Å²) in [6.07, 6.45) is -0.171. The van der Waals surface area contributed by atoms with Crippen LogP contribution in [0, 0.1) is 0 Å². The topological polar surface area (TPSA) is 118 Å². The van der Waals surface area contributed by atoms with Gasteiger partial charge in [0.05, 0.1) is 7.11 Å². The summed E-state index contributed by atoms with van der Waals surface area (Å²) in [6, 6.07) is 8.00. The van der Waals surface area contributed by atoms with Gasteiger partial charge in [0.2, 0.25) is 5.78 Å². The number of Topliss-reactive ketones (excluding diaryl/α,β-unsaturated/α-hetero) is 1. The molecule has 0 saturated heterocycles. The minimum atomic E-state index is -1.03. The van der Waals surface area contributed by atoms with E-state index in [2.05, 4.69) is 14.8 Å². The van der Waals surface area contributed by atoms with Crippen LogP contribution in [0.1, 0.15) is 18.4 Å². The van der Waals surface area contributed by atoms with Gasteiger partial charge in [-0.3, -0.25) is 4.79 Å². The predicted octanol–water partition coefficient (Wildman–Crippen LogP) is 1.10. The van der Waals surface area contributed by atoms with Crippen molar-refractivity contribution in [3.63, 3.8) is 0 Å². The minimum Gasteiger partial charge on any atom is -0.467 e. The summed E-state index contributed by atoms with van der Waals surface area (Å²) in [6.45, 7) is 0.0522. The summed E-state index contributed by atoms with van der Waals surface area (Å²) >= 11 is 0. The SMILES string of the molecule is COC(=O)C(CCC(=O)C=[N+]=[N-])NC(=O)OCc1ccccc1. The summed E-state index contributed by atoms with van der Waals surface area (Å²) in [5.74, 6) is -1.18. The van der Waals surface area contributed by atoms with Gasteiger partial charge in [-0.05, 0) is 12.0 Å². The number of methoxy groups -OCH3 is 1. The molecule has 0 spiro atoms. The number of ether oxygens (including phenoxy) is 2. The van der Waals surface area contributed by atoms with Crippen LogP contribution in [-0.4, -0.2) is 42.0 Å². The molecule has 1 aromatic carbocycles. The van der Waals surface area contributed by atoms with Crippen molar-refractivity contribution in [2.45, 2.75) is 25.5 Å². The second-order valence-corrected chi connectivity index (χ2v) is 4.53. The third kappa shape index (κ3) is 7.01. The van der Waals surface area contributed by atoms with Gasteiger partial charge in [-0.2, -0.15) is 4.79 Å². The first kappa shape index (κ1) is 18.1. The monoisotopic (exact) mass is 319 g/mol. The molecule has 0 heterocycles. The fraction of sp³-hybridized carbons (Fsp3) is 0.333. The molecular weight excluding hydrogens is 302 g/mol. The van der Waals surface area contributed by atoms with E-state index in [4.69, 9.17) is 10.3 Å². The van der Waals surface area contributed by atoms with Crippen LogP contribution in [0.3, 0.4) is 0 Å². The lowest BCUT2D eigenvalue weighted by Crippen LogP contribution is -2.42. The van der Waals surface area contributed by atoms with Crippen molar-refractivity contribution in [2.75, 3.05) is 7.11 Å². The highest BCUT2D eigenvalue weighted by Crippen LogP contribution is 2.03. The normalized spacial score (nSPS) is 10.8. The molecule has 0 aliphatic rings. The van der Waals surface area contributed by atoms with Gasteiger partial charge in [-0.1, -0.05) is 30.3 Å². The predicted molar refractivity (Wildman–Crippen MR) is 79.5 cm³/mol. The number of esters is 1. The van der Waals surface area contributed by atoms with Crippen LogP contribution in [0.5, 0.6) is 0 Å². The third-order valence-electron chi connectivity index (χ3n) is 2.87. The molecule has 0 aliphatic carbocycles. The molecular formula is C15H17N3O5. The Bertz CT molecular complexity index is 596. The molecule has 0 radical (unpaired) electrons. The number of benzene rings is 1. The van der Waals surface area contributed by atoms with Crippen LogP contribution in [0.15, 0.2) is 30.3 Å². The first-order chi connectivity index (χ1) is 11.1. The summed E-state index contributed by atoms with van der Waals surface area (Å²) in [4.78, 5) is 37.2. The van der Waals surface area contributed by atoms with E-state index >= 15 is 0 Å². The highest BCUT2D eigenvalue weighted by molar-refractivity contribution is 6.25. The second kappa shape index (κ2) is 9.86. The van der Waals surface area contributed by atoms with E-state index in [1.54, 1.807) is 12.1 Å². The number of hydrogen-bond acceptors (Lipinski definition) is 5. The van der Waals surface area contributed by atoms with Crippen LogP contribution in [0.2, 0.25) is 0 Å². The zero-order valence-corrected chi connectivity index (χ0v) is 12.6. The van der Waals surface area contributed by atoms with E-state index < -0.39 is 23.9 Å². The lowest BCUT2D eigenvalue weighted by atomic mass is 10.1. The average molecular weight is 319 g/mol. The fourth-order valence-electron chi connectivity index (χ4n) is 1.71. The number of ketones is 1. The van der Waals surface area contributed by atoms with E-state index in [0.29, 0.717) is 0 Å². The van der Waals surface area contributed by atoms with Crippen molar-refractivity contribution in [1.29, 1.82) is 0 Å². The first-order valence-corrected chi connectivity index (χ1v) is 6.82. The second-order valence-electron chi connectivity index (χ2n) is 4.53. The van der Waals surface area contributed by atoms with Gasteiger partial charge >= 0.3 is 18.3 Å². The number of nitrogens with one attached hydrogen (secondary N) is 1. The van der Waals surface area contributed by atoms with Crippen molar-refractivity contribution in [2.24, 2.45) is 0 Å². The Kier molecular flexibility index (Phi) is 7.74. The molecule has 1 unspecified atom stereocenters. The molecule has 0 bridgehead atoms. The van der Waals surface area contributed by atoms with Crippen molar-refractivity contribution in [3.05, 3.63) is 41.4 Å². The lowest BCUT2D eigenvalue weighted by molar-refractivity contribution is -0.143. The Hall–Kier alpha value is -2.99. The minimum absolute atomic E-state index is 0.00202. The Morgan fingerprint density at radius 3 is 2.61 bits per heavy atom. The molecule has 0 fully saturated rings. The van der Waals surface area contributed by atoms with Crippen LogP contribution in [-0.2, 0) is 25.7 Å². The molecule has 1 amide bonds. The van der Waals surface area contributed by atoms with Crippen LogP contribution >= 0.6 is 0 Å². The maximum absolute atomic E-state index is 11.7. The highest BCUT2D eigenvalue weighted by atomic mass is 16.6. The molecule has 122 valence electrons. The number of nitrogens with zero attached hydrogens (tertiary/aromatic N) is 2. The van der Waals surface area contributed by atoms with E-state index in [9.17, 15) is 14.4 Å². The third-order valence-corrected chi connectivity index (χ3v) is 2.87. The quantitative estimate of drug-likeness (QED) is 0.333. The maximum atomic E-state index is 11.7. The zero-order valence-electron chi connectivity index (χ0n) is 12.6. The van der Waals surface area contributed by atoms with E-state index in [-0.39, 0.29) is 19.4 Å². The lowest BCUT2D eigenvalue weighted by Gasteiger charge is -2.15. The highest BCUT2D eigenvalue weighted by Gasteiger charge is 2.23. The van der Waals surface area contributed by atoms with Crippen LogP contribution in [0.25, 0.3) is 5.53 Å². The summed E-state index contributed by atoms with van der Waals surface area (Å²) in [5.41, 5.74) is 9.05. The number of hydrogen-bond donors (Lipinski definition) is 1. The van der Waals surface area contributed by atoms with E-state index in [0.717, 1.165) is 11.8 Å². The van der Waals surface area contributed by atoms with Gasteiger partial charge in [0.15, 0.2) is 0 Å². The van der Waals surface area contributed by atoms with Crippen molar-refractivity contribution < 1.29 is 28.6 Å². The average Bonchev–Trinajstić information content (AvgIpc) is 2.57. The van der Waals surface area contributed by atoms with E-state index in [1.807, 2.05) is 18.2 Å². The van der Waals surface area contributed by atoms with Gasteiger partial charge in [0, 0.05) is 6.42 Å². The van der Waals surface area contributed by atoms with Crippen LogP contribution < -0.4 is 5.32 Å². The smallest absolute Gasteiger partial charge is 0.408 e. The molecule has 1 N–H and O–H groups in total. The molecule has 1 atom stereocenters. The van der Waals surface area contributed by atoms with Gasteiger partial charge in [-0.15, -0.1) is 0 Å². The molecule has 0 aromatic heterocycles. The largest absolute Gasteiger partial charge is 0.467 e. The van der Waals surface area contributed by atoms with Crippen molar-refractivity contribution in [1.82, 2.24) is 5.32 Å². The molecule has 0 aliphatic heterocycles. The molecule has 23 heavy (non-hydrogen) atoms. The number of amides is 1. The summed E-state index contributed by atoms with van der Waals surface area (Å²) < 4.78 is 9.56. The van der Waals surface area contributed by atoms with Crippen molar-refractivity contribution >= 4 is 24.1 Å². The van der Waals surface area contributed by atoms with Gasteiger partial charge < -0.3 is 20.3 Å². The number of rotatable bonds is 8. The molecule has 1 aromatic rings. The zero-order chi connectivity index (χ0) is 17.1. The van der Waals surface area contributed by atoms with Gasteiger partial charge in [0.1, 0.15) is 12.6 Å². The number of carbonyl (C=O) groups excluding carboxylic acids is 3. The number of alkyl carbamates (subject to hydrolysis) is 1. The number of carbonyl (C=O) groups is 3. The van der Waals surface area contributed by atoms with Crippen molar-refractivity contribution in [3.8, 4) is 0 Å². The van der Waals surface area contributed by atoms with E-state index in [1.165, 1.54) is 7.11 Å². The Balaban J connectivity index is 2.51. The Morgan fingerprint density at radius 2 is 2.00 bits per heavy atom. The van der Waals surface area contributed by atoms with Crippen LogP contribution in [0.4, 0.5) is 4.79 Å². The standard InChI is InChI=1S/C15H17N3O5/c1-22-14(20)13(8-7-12(19)9-17-16)18-15(21)23-10-11-5-3-2-4-6-11/h2-6,9,13H,7-8,10H2,1H3,(H,18,21). The summed E-state index contributed by atoms with van der Waals surface area (Å²) in [7, 11) is 1.17. The fourth-order valence-corrected chi connectivity index (χ4v) is 1.71. The maximum Gasteiger partial charge on any atom is 0.408 e.